The molecule has 0 atom stereocenters. The van der Waals surface area contributed by atoms with Gasteiger partial charge in [0.2, 0.25) is 0 Å². The second kappa shape index (κ2) is 5.47. The molecule has 0 N–H and O–H groups in total. The number of amides is 1. The molecule has 1 saturated heterocycles. The van der Waals surface area contributed by atoms with Crippen LogP contribution in [-0.4, -0.2) is 42.1 Å². The van der Waals surface area contributed by atoms with E-state index in [1.807, 2.05) is 20.8 Å². The van der Waals surface area contributed by atoms with Gasteiger partial charge in [0.15, 0.2) is 5.78 Å². The molecule has 0 unspecified atom stereocenters. The van der Waals surface area contributed by atoms with Gasteiger partial charge in [-0.1, -0.05) is 0 Å². The molecule has 4 nitrogen and oxygen atoms in total. The van der Waals surface area contributed by atoms with E-state index in [9.17, 15) is 14.0 Å². The Kier molecular flexibility index (Phi) is 4.48. The van der Waals surface area contributed by atoms with Gasteiger partial charge in [0, 0.05) is 19.0 Å². The maximum atomic E-state index is 12.2. The van der Waals surface area contributed by atoms with Crippen LogP contribution in [0, 0.1) is 5.92 Å². The van der Waals surface area contributed by atoms with Gasteiger partial charge in [-0.2, -0.15) is 0 Å². The second-order valence-corrected chi connectivity index (χ2v) is 5.34. The number of piperidine rings is 1. The van der Waals surface area contributed by atoms with E-state index in [4.69, 9.17) is 4.74 Å². The third-order valence-electron chi connectivity index (χ3n) is 2.73. The van der Waals surface area contributed by atoms with Gasteiger partial charge in [-0.15, -0.1) is 0 Å². The predicted molar refractivity (Wildman–Crippen MR) is 61.5 cm³/mol. The van der Waals surface area contributed by atoms with E-state index in [0.717, 1.165) is 0 Å². The molecule has 1 heterocycles. The standard InChI is InChI=1S/C12H20FNO3/c1-12(2,3)17-11(16)14-6-4-9(5-7-14)10(15)8-13/h9H,4-8H2,1-3H3. The van der Waals surface area contributed by atoms with E-state index >= 15 is 0 Å². The first-order valence-electron chi connectivity index (χ1n) is 5.90. The number of hydrogen-bond donors (Lipinski definition) is 0. The molecule has 0 bridgehead atoms. The molecular formula is C12H20FNO3. The van der Waals surface area contributed by atoms with E-state index in [1.165, 1.54) is 0 Å². The third kappa shape index (κ3) is 4.32. The molecule has 1 amide bonds. The zero-order valence-electron chi connectivity index (χ0n) is 10.7. The fraction of sp³-hybridized carbons (Fsp3) is 0.833. The first-order chi connectivity index (χ1) is 7.83. The maximum absolute atomic E-state index is 12.2. The van der Waals surface area contributed by atoms with Gasteiger partial charge in [-0.05, 0) is 33.6 Å². The Hall–Kier alpha value is -1.13. The van der Waals surface area contributed by atoms with Crippen LogP contribution in [0.2, 0.25) is 0 Å². The summed E-state index contributed by atoms with van der Waals surface area (Å²) >= 11 is 0. The first kappa shape index (κ1) is 13.9. The Balaban J connectivity index is 2.42. The van der Waals surface area contributed by atoms with E-state index in [-0.39, 0.29) is 17.8 Å². The largest absolute Gasteiger partial charge is 0.444 e. The molecule has 5 heteroatoms. The zero-order chi connectivity index (χ0) is 13.1. The number of halogens is 1. The third-order valence-corrected chi connectivity index (χ3v) is 2.73. The van der Waals surface area contributed by atoms with Crippen molar-refractivity contribution in [2.24, 2.45) is 5.92 Å². The summed E-state index contributed by atoms with van der Waals surface area (Å²) in [6.07, 6.45) is 0.702. The second-order valence-electron chi connectivity index (χ2n) is 5.34. The molecule has 0 aliphatic carbocycles. The van der Waals surface area contributed by atoms with Crippen molar-refractivity contribution in [3.05, 3.63) is 0 Å². The fourth-order valence-electron chi connectivity index (χ4n) is 1.82. The molecule has 17 heavy (non-hydrogen) atoms. The quantitative estimate of drug-likeness (QED) is 0.749. The lowest BCUT2D eigenvalue weighted by Gasteiger charge is -2.32. The molecule has 98 valence electrons. The van der Waals surface area contributed by atoms with Crippen LogP contribution in [-0.2, 0) is 9.53 Å². The smallest absolute Gasteiger partial charge is 0.410 e. The minimum atomic E-state index is -0.906. The van der Waals surface area contributed by atoms with E-state index in [1.54, 1.807) is 4.90 Å². The summed E-state index contributed by atoms with van der Waals surface area (Å²) in [7, 11) is 0. The molecule has 0 spiro atoms. The van der Waals surface area contributed by atoms with E-state index < -0.39 is 12.3 Å². The van der Waals surface area contributed by atoms with Crippen molar-refractivity contribution in [3.63, 3.8) is 0 Å². The molecule has 0 radical (unpaired) electrons. The summed E-state index contributed by atoms with van der Waals surface area (Å²) in [5.74, 6) is -0.590. The van der Waals surface area contributed by atoms with Crippen LogP contribution in [0.3, 0.4) is 0 Å². The van der Waals surface area contributed by atoms with Gasteiger partial charge in [-0.3, -0.25) is 4.79 Å². The summed E-state index contributed by atoms with van der Waals surface area (Å²) in [6.45, 7) is 5.45. The zero-order valence-corrected chi connectivity index (χ0v) is 10.7. The lowest BCUT2D eigenvalue weighted by molar-refractivity contribution is -0.125. The van der Waals surface area contributed by atoms with Gasteiger partial charge in [0.25, 0.3) is 0 Å². The Bertz CT molecular complexity index is 291. The highest BCUT2D eigenvalue weighted by molar-refractivity contribution is 5.82. The van der Waals surface area contributed by atoms with Gasteiger partial charge in [0.1, 0.15) is 12.3 Å². The number of ketones is 1. The first-order valence-corrected chi connectivity index (χ1v) is 5.90. The number of carbonyl (C=O) groups is 2. The molecule has 0 aromatic carbocycles. The van der Waals surface area contributed by atoms with Crippen molar-refractivity contribution in [3.8, 4) is 0 Å². The highest BCUT2D eigenvalue weighted by Crippen LogP contribution is 2.20. The topological polar surface area (TPSA) is 46.6 Å². The van der Waals surface area contributed by atoms with Crippen molar-refractivity contribution in [2.45, 2.75) is 39.2 Å². The maximum Gasteiger partial charge on any atom is 0.410 e. The average Bonchev–Trinajstić information content (AvgIpc) is 2.26. The Morgan fingerprint density at radius 2 is 1.82 bits per heavy atom. The number of rotatable bonds is 2. The monoisotopic (exact) mass is 245 g/mol. The average molecular weight is 245 g/mol. The van der Waals surface area contributed by atoms with Crippen molar-refractivity contribution in [2.75, 3.05) is 19.8 Å². The lowest BCUT2D eigenvalue weighted by atomic mass is 9.93. The molecule has 1 aliphatic heterocycles. The molecule has 0 aromatic heterocycles. The van der Waals surface area contributed by atoms with Crippen LogP contribution >= 0.6 is 0 Å². The molecule has 1 fully saturated rings. The number of nitrogens with zero attached hydrogens (tertiary/aromatic N) is 1. The van der Waals surface area contributed by atoms with Crippen molar-refractivity contribution in [1.82, 2.24) is 4.90 Å². The van der Waals surface area contributed by atoms with Gasteiger partial charge in [0.05, 0.1) is 0 Å². The van der Waals surface area contributed by atoms with Crippen LogP contribution in [0.4, 0.5) is 9.18 Å². The number of hydrogen-bond acceptors (Lipinski definition) is 3. The lowest BCUT2D eigenvalue weighted by Crippen LogP contribution is -2.43. The minimum Gasteiger partial charge on any atom is -0.444 e. The highest BCUT2D eigenvalue weighted by atomic mass is 19.1. The van der Waals surface area contributed by atoms with E-state index in [0.29, 0.717) is 25.9 Å². The summed E-state index contributed by atoms with van der Waals surface area (Å²) in [6, 6.07) is 0. The summed E-state index contributed by atoms with van der Waals surface area (Å²) in [5.41, 5.74) is -0.511. The van der Waals surface area contributed by atoms with Crippen LogP contribution in [0.25, 0.3) is 0 Å². The summed E-state index contributed by atoms with van der Waals surface area (Å²) in [4.78, 5) is 24.4. The van der Waals surface area contributed by atoms with Gasteiger partial charge < -0.3 is 9.64 Å². The Morgan fingerprint density at radius 3 is 2.24 bits per heavy atom. The number of ether oxygens (including phenoxy) is 1. The van der Waals surface area contributed by atoms with Crippen LogP contribution in [0.5, 0.6) is 0 Å². The number of carbonyl (C=O) groups excluding carboxylic acids is 2. The van der Waals surface area contributed by atoms with Crippen molar-refractivity contribution >= 4 is 11.9 Å². The van der Waals surface area contributed by atoms with E-state index in [2.05, 4.69) is 0 Å². The molecule has 0 aromatic rings. The fourth-order valence-corrected chi connectivity index (χ4v) is 1.82. The van der Waals surface area contributed by atoms with Gasteiger partial charge in [-0.25, -0.2) is 9.18 Å². The van der Waals surface area contributed by atoms with Crippen LogP contribution < -0.4 is 0 Å². The summed E-state index contributed by atoms with van der Waals surface area (Å²) < 4.78 is 17.4. The van der Waals surface area contributed by atoms with Gasteiger partial charge >= 0.3 is 6.09 Å². The number of alkyl halides is 1. The molecule has 1 rings (SSSR count). The Morgan fingerprint density at radius 1 is 1.29 bits per heavy atom. The Labute approximate surface area is 101 Å². The van der Waals surface area contributed by atoms with Crippen molar-refractivity contribution in [1.29, 1.82) is 0 Å². The number of Topliss-reactive ketones (excluding diaryl/α,β-unsaturated/α-hetero) is 1. The normalized spacial score (nSPS) is 18.0. The van der Waals surface area contributed by atoms with Crippen LogP contribution in [0.1, 0.15) is 33.6 Å². The molecule has 1 aliphatic rings. The SMILES string of the molecule is CC(C)(C)OC(=O)N1CCC(C(=O)CF)CC1. The highest BCUT2D eigenvalue weighted by Gasteiger charge is 2.29. The predicted octanol–water partition coefficient (Wildman–Crippen LogP) is 2.17. The van der Waals surface area contributed by atoms with Crippen molar-refractivity contribution < 1.29 is 18.7 Å². The summed E-state index contributed by atoms with van der Waals surface area (Å²) in [5, 5.41) is 0. The van der Waals surface area contributed by atoms with Crippen LogP contribution in [0.15, 0.2) is 0 Å². The molecule has 0 saturated carbocycles. The number of likely N-dealkylation sites (tertiary alicyclic amines) is 1. The molecular weight excluding hydrogens is 225 g/mol. The minimum absolute atomic E-state index is 0.237.